The number of alkyl halides is 3. The zero-order valence-corrected chi connectivity index (χ0v) is 22.0. The van der Waals surface area contributed by atoms with Crippen LogP contribution in [0, 0.1) is 5.82 Å². The Bertz CT molecular complexity index is 1340. The summed E-state index contributed by atoms with van der Waals surface area (Å²) >= 11 is 0. The maximum Gasteiger partial charge on any atom is 0.422 e. The van der Waals surface area contributed by atoms with Gasteiger partial charge in [0, 0.05) is 36.6 Å². The lowest BCUT2D eigenvalue weighted by Crippen LogP contribution is -2.44. The molecular weight excluding hydrogens is 532 g/mol. The first kappa shape index (κ1) is 29.4. The van der Waals surface area contributed by atoms with Crippen molar-refractivity contribution in [1.29, 1.82) is 0 Å². The second-order valence-corrected chi connectivity index (χ2v) is 9.84. The second-order valence-electron chi connectivity index (χ2n) is 9.84. The number of nitrogens with zero attached hydrogens (tertiary/aromatic N) is 1. The van der Waals surface area contributed by atoms with Gasteiger partial charge in [-0.1, -0.05) is 0 Å². The number of carbonyl (C=O) groups is 1. The minimum atomic E-state index is -5.15. The third kappa shape index (κ3) is 6.43. The number of ether oxygens (including phenoxy) is 2. The molecule has 0 bridgehead atoms. The van der Waals surface area contributed by atoms with Crippen molar-refractivity contribution < 1.29 is 42.0 Å². The average Bonchev–Trinajstić information content (AvgIpc) is 2.88. The van der Waals surface area contributed by atoms with Crippen LogP contribution in [-0.2, 0) is 5.60 Å². The Kier molecular flexibility index (Phi) is 8.77. The summed E-state index contributed by atoms with van der Waals surface area (Å²) in [6.45, 7) is 2.61. The third-order valence-electron chi connectivity index (χ3n) is 6.81. The number of Topliss-reactive ketones (excluding diaryl/α,β-unsaturated/α-hetero) is 1. The molecule has 4 rings (SSSR count). The number of benzene rings is 2. The van der Waals surface area contributed by atoms with Crippen LogP contribution in [0.25, 0.3) is 11.3 Å². The molecular formula is C29H30F4N2O5. The number of rotatable bonds is 11. The molecule has 1 aliphatic rings. The average molecular weight is 563 g/mol. The molecule has 0 amide bonds. The number of hydrogen-bond donors (Lipinski definition) is 3. The highest BCUT2D eigenvalue weighted by atomic mass is 19.4. The van der Waals surface area contributed by atoms with Gasteiger partial charge in [-0.15, -0.1) is 0 Å². The molecule has 214 valence electrons. The van der Waals surface area contributed by atoms with Crippen molar-refractivity contribution in [3.8, 4) is 22.8 Å². The van der Waals surface area contributed by atoms with E-state index in [4.69, 9.17) is 9.47 Å². The lowest BCUT2D eigenvalue weighted by molar-refractivity contribution is -0.270. The van der Waals surface area contributed by atoms with Crippen molar-refractivity contribution in [2.24, 2.45) is 0 Å². The molecule has 3 N–H and O–H groups in total. The van der Waals surface area contributed by atoms with E-state index in [0.29, 0.717) is 24.2 Å². The molecule has 0 spiro atoms. The number of hydrogen-bond acceptors (Lipinski definition) is 7. The molecule has 0 saturated carbocycles. The summed E-state index contributed by atoms with van der Waals surface area (Å²) in [6.07, 6.45) is -7.51. The highest BCUT2D eigenvalue weighted by Gasteiger charge is 2.56. The van der Waals surface area contributed by atoms with Gasteiger partial charge in [0.25, 0.3) is 0 Å². The van der Waals surface area contributed by atoms with Gasteiger partial charge in [-0.3, -0.25) is 4.79 Å². The Labute approximate surface area is 228 Å². The largest absolute Gasteiger partial charge is 0.493 e. The number of carbonyl (C=O) groups excluding carboxylic acids is 1. The zero-order valence-electron chi connectivity index (χ0n) is 22.0. The minimum Gasteiger partial charge on any atom is -0.493 e. The molecule has 0 aliphatic carbocycles. The lowest BCUT2D eigenvalue weighted by Gasteiger charge is -2.33. The smallest absolute Gasteiger partial charge is 0.422 e. The zero-order chi connectivity index (χ0) is 29.1. The number of ketones is 1. The summed E-state index contributed by atoms with van der Waals surface area (Å²) in [5.74, 6) is -0.812. The molecule has 1 saturated heterocycles. The van der Waals surface area contributed by atoms with E-state index in [0.717, 1.165) is 0 Å². The van der Waals surface area contributed by atoms with E-state index in [1.165, 1.54) is 62.6 Å². The van der Waals surface area contributed by atoms with Crippen molar-refractivity contribution in [3.05, 3.63) is 77.2 Å². The summed E-state index contributed by atoms with van der Waals surface area (Å²) in [5, 5.41) is 23.6. The summed E-state index contributed by atoms with van der Waals surface area (Å²) < 4.78 is 67.5. The Morgan fingerprint density at radius 1 is 1.10 bits per heavy atom. The molecule has 3 aromatic rings. The highest BCUT2D eigenvalue weighted by Crippen LogP contribution is 2.43. The molecule has 0 radical (unpaired) electrons. The van der Waals surface area contributed by atoms with E-state index < -0.39 is 48.0 Å². The number of aliphatic hydroxyl groups is 2. The highest BCUT2D eigenvalue weighted by molar-refractivity contribution is 5.96. The fourth-order valence-electron chi connectivity index (χ4n) is 4.32. The molecule has 1 aliphatic heterocycles. The van der Waals surface area contributed by atoms with E-state index in [1.807, 2.05) is 0 Å². The van der Waals surface area contributed by atoms with Crippen LogP contribution >= 0.6 is 0 Å². The summed E-state index contributed by atoms with van der Waals surface area (Å²) in [4.78, 5) is 17.1. The van der Waals surface area contributed by atoms with Gasteiger partial charge in [-0.05, 0) is 73.5 Å². The first-order chi connectivity index (χ1) is 18.9. The van der Waals surface area contributed by atoms with Gasteiger partial charge >= 0.3 is 6.18 Å². The predicted octanol–water partition coefficient (Wildman–Crippen LogP) is 4.76. The van der Waals surface area contributed by atoms with Crippen LogP contribution in [0.4, 0.5) is 17.6 Å². The van der Waals surface area contributed by atoms with Gasteiger partial charge in [-0.2, -0.15) is 13.2 Å². The van der Waals surface area contributed by atoms with E-state index in [-0.39, 0.29) is 35.3 Å². The normalized spacial score (nSPS) is 16.1. The third-order valence-corrected chi connectivity index (χ3v) is 6.81. The summed E-state index contributed by atoms with van der Waals surface area (Å²) in [7, 11) is 1.34. The maximum absolute atomic E-state index is 14.5. The number of aliphatic hydroxyl groups excluding tert-OH is 1. The molecule has 40 heavy (non-hydrogen) atoms. The molecule has 1 aromatic heterocycles. The number of pyridine rings is 1. The predicted molar refractivity (Wildman–Crippen MR) is 139 cm³/mol. The Hall–Kier alpha value is -3.54. The standard InChI is InChI=1S/C29H30F4N2O5/c1-17(36)16-40-25-8-5-19(12-26(25)39-2)24(37)9-10-28(38,29(31,32)33)27-13-20(21-14-34-15-21)11-23(35-27)18-3-6-22(30)7-4-18/h3-8,11-13,17,21,34,36,38H,9-10,14-16H2,1-2H3/t17-,28?/m1/s1. The van der Waals surface area contributed by atoms with E-state index in [9.17, 15) is 32.6 Å². The fourth-order valence-corrected chi connectivity index (χ4v) is 4.32. The topological polar surface area (TPSA) is 101 Å². The quantitative estimate of drug-likeness (QED) is 0.229. The number of methoxy groups -OCH3 is 1. The maximum atomic E-state index is 14.5. The number of aromatic nitrogens is 1. The van der Waals surface area contributed by atoms with Crippen molar-refractivity contribution in [1.82, 2.24) is 10.3 Å². The summed E-state index contributed by atoms with van der Waals surface area (Å²) in [5.41, 5.74) is -2.88. The van der Waals surface area contributed by atoms with Crippen molar-refractivity contribution in [2.45, 2.75) is 43.6 Å². The number of nitrogens with one attached hydrogen (secondary N) is 1. The van der Waals surface area contributed by atoms with Crippen LogP contribution in [0.5, 0.6) is 11.5 Å². The minimum absolute atomic E-state index is 0.0227. The molecule has 11 heteroatoms. The van der Waals surface area contributed by atoms with Crippen LogP contribution in [-0.4, -0.2) is 60.1 Å². The van der Waals surface area contributed by atoms with Gasteiger partial charge in [0.05, 0.1) is 24.6 Å². The first-order valence-corrected chi connectivity index (χ1v) is 12.7. The molecule has 1 unspecified atom stereocenters. The van der Waals surface area contributed by atoms with Gasteiger partial charge in [0.1, 0.15) is 12.4 Å². The van der Waals surface area contributed by atoms with Crippen LogP contribution in [0.3, 0.4) is 0 Å². The van der Waals surface area contributed by atoms with Crippen LogP contribution in [0.15, 0.2) is 54.6 Å². The first-order valence-electron chi connectivity index (χ1n) is 12.7. The van der Waals surface area contributed by atoms with E-state index in [2.05, 4.69) is 10.3 Å². The summed E-state index contributed by atoms with van der Waals surface area (Å²) in [6, 6.07) is 12.2. The van der Waals surface area contributed by atoms with Gasteiger partial charge < -0.3 is 25.0 Å². The number of halogens is 4. The Balaban J connectivity index is 1.64. The van der Waals surface area contributed by atoms with Gasteiger partial charge in [0.15, 0.2) is 17.3 Å². The van der Waals surface area contributed by atoms with E-state index >= 15 is 0 Å². The van der Waals surface area contributed by atoms with Crippen molar-refractivity contribution >= 4 is 5.78 Å². The monoisotopic (exact) mass is 562 g/mol. The lowest BCUT2D eigenvalue weighted by atomic mass is 9.86. The van der Waals surface area contributed by atoms with Crippen LogP contribution in [0.1, 0.15) is 47.3 Å². The van der Waals surface area contributed by atoms with Gasteiger partial charge in [-0.25, -0.2) is 9.37 Å². The SMILES string of the molecule is COc1cc(C(=O)CCC(O)(c2cc(C3CNC3)cc(-c3ccc(F)cc3)n2)C(F)(F)F)ccc1OC[C@@H](C)O. The Morgan fingerprint density at radius 2 is 1.80 bits per heavy atom. The van der Waals surface area contributed by atoms with Crippen LogP contribution in [0.2, 0.25) is 0 Å². The molecule has 2 atom stereocenters. The van der Waals surface area contributed by atoms with Crippen molar-refractivity contribution in [3.63, 3.8) is 0 Å². The van der Waals surface area contributed by atoms with Crippen LogP contribution < -0.4 is 14.8 Å². The van der Waals surface area contributed by atoms with E-state index in [1.54, 1.807) is 6.07 Å². The fraction of sp³-hybridized carbons (Fsp3) is 0.379. The second kappa shape index (κ2) is 11.9. The van der Waals surface area contributed by atoms with Crippen molar-refractivity contribution in [2.75, 3.05) is 26.8 Å². The molecule has 1 fully saturated rings. The molecule has 7 nitrogen and oxygen atoms in total. The molecule has 2 aromatic carbocycles. The Morgan fingerprint density at radius 3 is 2.38 bits per heavy atom. The van der Waals surface area contributed by atoms with Gasteiger partial charge in [0.2, 0.25) is 5.60 Å². The molecule has 2 heterocycles.